The molecule has 8 unspecified atom stereocenters. The number of hydrogen-bond donors (Lipinski definition) is 18. The average molecular weight is 1870 g/mol. The summed E-state index contributed by atoms with van der Waals surface area (Å²) in [4.78, 5) is 174. The summed E-state index contributed by atoms with van der Waals surface area (Å²) in [5.74, 6) is -66.4. The summed E-state index contributed by atoms with van der Waals surface area (Å²) in [7, 11) is 0. The van der Waals surface area contributed by atoms with Gasteiger partial charge >= 0.3 is 47.6 Å². The highest BCUT2D eigenvalue weighted by Gasteiger charge is 2.94. The number of primary amides is 1. The number of pyridine rings is 2. The molecular weight excluding hydrogens is 1780 g/mol. The van der Waals surface area contributed by atoms with Crippen molar-refractivity contribution in [2.45, 2.75) is 202 Å². The summed E-state index contributed by atoms with van der Waals surface area (Å²) in [5.41, 5.74) is 18.4. The van der Waals surface area contributed by atoms with Crippen LogP contribution in [0.4, 0.5) is 65.9 Å². The first kappa shape index (κ1) is 105. The maximum absolute atomic E-state index is 15.4. The minimum absolute atomic E-state index is 0.0133. The Hall–Kier alpha value is -13.2. The molecule has 2 aliphatic heterocycles. The first-order valence-corrected chi connectivity index (χ1v) is 40.6. The molecule has 11 amide bonds. The Bertz CT molecular complexity index is 5190. The van der Waals surface area contributed by atoms with Crippen LogP contribution in [0.25, 0.3) is 55.7 Å². The quantitative estimate of drug-likeness (QED) is 0.00727. The molecule has 4 aromatic rings. The number of aromatic nitrogens is 2. The number of aryl methyl sites for hydroxylation is 1. The van der Waals surface area contributed by atoms with Gasteiger partial charge < -0.3 is 95.2 Å². The smallest absolute Gasteiger partial charge is 0.460 e. The van der Waals surface area contributed by atoms with Crippen molar-refractivity contribution in [2.75, 3.05) is 39.3 Å². The molecule has 1 saturated heterocycles. The third-order valence-electron chi connectivity index (χ3n) is 20.8. The maximum Gasteiger partial charge on any atom is 0.460 e. The van der Waals surface area contributed by atoms with E-state index < -0.39 is 229 Å². The first-order valence-electron chi connectivity index (χ1n) is 40.6. The molecule has 0 bridgehead atoms. The molecule has 49 heteroatoms. The molecule has 1 fully saturated rings. The fourth-order valence-corrected chi connectivity index (χ4v) is 14.0. The molecule has 7 rings (SSSR count). The molecule has 2 aromatic carbocycles. The predicted molar refractivity (Wildman–Crippen MR) is 440 cm³/mol. The van der Waals surface area contributed by atoms with Crippen LogP contribution < -0.4 is 81.1 Å². The number of nitrogens with two attached hydrogens (primary N) is 3. The van der Waals surface area contributed by atoms with Gasteiger partial charge in [0.05, 0.1) is 13.2 Å². The van der Waals surface area contributed by atoms with E-state index in [1.807, 2.05) is 0 Å². The second-order valence-corrected chi connectivity index (χ2v) is 31.7. The van der Waals surface area contributed by atoms with Crippen LogP contribution >= 0.6 is 0 Å². The largest absolute Gasteiger partial charge is 0.507 e. The van der Waals surface area contributed by atoms with Gasteiger partial charge in [0, 0.05) is 107 Å². The van der Waals surface area contributed by atoms with Gasteiger partial charge in [-0.1, -0.05) is 45.9 Å². The number of rotatable bonds is 45. The van der Waals surface area contributed by atoms with Crippen LogP contribution in [0.15, 0.2) is 101 Å². The standard InChI is InChI=1S/C82H98F15N19O15/c1-39(2)28-54(66(123)108-37-62(98)120)113-71(128)56(38-117)115-64(121)42(6)109-67(124)52(17-11-25-106-74(99)100)111-68(125)53(18-12-26-107-75(101)102)112-70(127)55(29-40(3)4)114-69(126)51(16-7-8-24-105-72(129)57-19-13-27-116(57)73(130)76(83,84)77(85,86)78(87,88)79(89,90)80(91,92)81(93,94)82(95,96)97)110-65(122)43-20-21-46(41(5)30-43)63-49-31-47(44-14-9-22-103-35-44)58(118)33-60(49)131-61-34-59(119)48(32-50(61)63)45-15-10-23-104-36-45/h9-10,14-15,20-23,30-36,39-40,42,51-57,117-118H,7-8,11-13,16-19,24-29,37-38H2,1-6H3,(H2,98,120)(H,105,129)(H,108,123)(H,109,124)(H,110,122)(H,111,125)(H,112,127)(H,113,128)(H,114,126)(H,115,121)(H4,99,100,106)(H4,101,102,107). The Kier molecular flexibility index (Phi) is 35.2. The summed E-state index contributed by atoms with van der Waals surface area (Å²) in [6, 6.07) is 2.62. The van der Waals surface area contributed by atoms with E-state index in [9.17, 15) is 111 Å². The van der Waals surface area contributed by atoms with Crippen molar-refractivity contribution in [3.8, 4) is 50.5 Å². The number of phenolic OH excluding ortho intramolecular Hbond substituents is 1. The molecule has 0 spiro atoms. The van der Waals surface area contributed by atoms with E-state index >= 15 is 22.4 Å². The average Bonchev–Trinajstić information content (AvgIpc) is 0.969. The Labute approximate surface area is 736 Å². The fourth-order valence-electron chi connectivity index (χ4n) is 14.0. The Morgan fingerprint density at radius 2 is 1.01 bits per heavy atom. The molecule has 716 valence electrons. The highest BCUT2D eigenvalue weighted by molar-refractivity contribution is 6.07. The lowest BCUT2D eigenvalue weighted by molar-refractivity contribution is -0.449. The van der Waals surface area contributed by atoms with E-state index in [0.717, 1.165) is 6.92 Å². The summed E-state index contributed by atoms with van der Waals surface area (Å²) in [6.45, 7) is 5.51. The van der Waals surface area contributed by atoms with Gasteiger partial charge in [0.1, 0.15) is 65.4 Å². The number of alkyl halides is 15. The Balaban J connectivity index is 1.20. The van der Waals surface area contributed by atoms with Crippen LogP contribution in [0.3, 0.4) is 0 Å². The third kappa shape index (κ3) is 25.3. The van der Waals surface area contributed by atoms with Crippen molar-refractivity contribution in [1.82, 2.24) is 73.4 Å². The van der Waals surface area contributed by atoms with Gasteiger partial charge in [0.25, 0.3) is 5.91 Å². The van der Waals surface area contributed by atoms with E-state index in [0.29, 0.717) is 38.8 Å². The van der Waals surface area contributed by atoms with Gasteiger partial charge in [0.15, 0.2) is 17.3 Å². The number of phenols is 1. The molecule has 0 radical (unpaired) electrons. The fraction of sp³-hybridized carbons (Fsp3) is 0.488. The number of carbonyl (C=O) groups is 11. The van der Waals surface area contributed by atoms with Crippen LogP contribution in [0.2, 0.25) is 0 Å². The number of carbonyl (C=O) groups excluding carboxylic acids is 11. The zero-order valence-electron chi connectivity index (χ0n) is 70.9. The molecule has 34 nitrogen and oxygen atoms in total. The predicted octanol–water partition coefficient (Wildman–Crippen LogP) is 5.59. The number of aliphatic hydroxyl groups excluding tert-OH is 1. The third-order valence-corrected chi connectivity index (χ3v) is 20.8. The number of benzene rings is 3. The van der Waals surface area contributed by atoms with E-state index in [-0.39, 0.29) is 104 Å². The van der Waals surface area contributed by atoms with Crippen LogP contribution in [-0.4, -0.2) is 231 Å². The van der Waals surface area contributed by atoms with E-state index in [2.05, 4.69) is 68.5 Å². The number of halogens is 15. The van der Waals surface area contributed by atoms with Gasteiger partial charge in [-0.25, -0.2) is 0 Å². The lowest BCUT2D eigenvalue weighted by atomic mass is 9.88. The van der Waals surface area contributed by atoms with Crippen molar-refractivity contribution < 1.29 is 133 Å². The van der Waals surface area contributed by atoms with Crippen molar-refractivity contribution in [3.05, 3.63) is 113 Å². The van der Waals surface area contributed by atoms with Crippen LogP contribution in [0.1, 0.15) is 121 Å². The highest BCUT2D eigenvalue weighted by Crippen LogP contribution is 2.63. The summed E-state index contributed by atoms with van der Waals surface area (Å²) < 4.78 is 220. The summed E-state index contributed by atoms with van der Waals surface area (Å²) in [5, 5.41) is 64.0. The number of unbranched alkanes of at least 4 members (excludes halogenated alkanes) is 1. The van der Waals surface area contributed by atoms with Crippen molar-refractivity contribution in [2.24, 2.45) is 29.0 Å². The monoisotopic (exact) mass is 1870 g/mol. The molecule has 8 atom stereocenters. The van der Waals surface area contributed by atoms with Gasteiger partial charge in [-0.3, -0.25) is 78.3 Å². The number of amides is 11. The van der Waals surface area contributed by atoms with E-state index in [4.69, 9.17) is 32.4 Å². The number of aliphatic hydroxyl groups is 1. The maximum atomic E-state index is 15.4. The van der Waals surface area contributed by atoms with Crippen molar-refractivity contribution in [3.63, 3.8) is 0 Å². The Morgan fingerprint density at radius 1 is 0.527 bits per heavy atom. The molecule has 2 aromatic heterocycles. The number of nitrogens with zero attached hydrogens (tertiary/aromatic N) is 3. The van der Waals surface area contributed by atoms with Crippen LogP contribution in [0.5, 0.6) is 5.75 Å². The molecule has 1 aliphatic carbocycles. The van der Waals surface area contributed by atoms with Crippen LogP contribution in [-0.2, 0) is 47.9 Å². The highest BCUT2D eigenvalue weighted by atomic mass is 19.4. The molecular formula is C82H98F15N19O15. The van der Waals surface area contributed by atoms with Crippen LogP contribution in [0, 0.1) is 29.6 Å². The topological polar surface area (TPSA) is 546 Å². The molecule has 131 heavy (non-hydrogen) atoms. The van der Waals surface area contributed by atoms with Gasteiger partial charge in [-0.2, -0.15) is 65.9 Å². The second-order valence-electron chi connectivity index (χ2n) is 31.7. The van der Waals surface area contributed by atoms with Gasteiger partial charge in [-0.15, -0.1) is 0 Å². The number of aromatic hydroxyl groups is 1. The molecule has 21 N–H and O–H groups in total. The zero-order valence-corrected chi connectivity index (χ0v) is 70.9. The van der Waals surface area contributed by atoms with Crippen molar-refractivity contribution in [1.29, 1.82) is 10.8 Å². The normalized spacial score (nSPS) is 15.1. The summed E-state index contributed by atoms with van der Waals surface area (Å²) in [6.07, 6.45) is -5.74. The number of guanidine groups is 2. The number of fused-ring (bicyclic) bond motifs is 2. The SMILES string of the molecule is Cc1cc(C(=O)NC(CCCCNC(=O)C2CCCN2C(=O)C(F)(F)C(F)(F)C(F)(F)C(F)(F)C(F)(F)C(F)(F)C(F)(F)F)C(=O)NC(CC(C)C)C(=O)NC(CCCNC(=N)N)C(=O)NC(CCCNC(=N)N)C(=O)NC(C)C(=O)NC(CO)C(=O)NC(CC(C)C)C(=O)NCC(N)=O)ccc1-c1c2cc(-c3cccnc3)c(=O)cc-2oc2cc(O)c(-c3cccnc3)cc12. The zero-order chi connectivity index (χ0) is 98.0. The first-order chi connectivity index (χ1) is 61.0. The summed E-state index contributed by atoms with van der Waals surface area (Å²) >= 11 is 0. The van der Waals surface area contributed by atoms with E-state index in [1.165, 1.54) is 55.1 Å². The lowest BCUT2D eigenvalue weighted by Crippen LogP contribution is -2.74. The number of hydrogen-bond acceptors (Lipinski definition) is 19. The lowest BCUT2D eigenvalue weighted by Gasteiger charge is -2.41. The Morgan fingerprint density at radius 3 is 1.52 bits per heavy atom. The van der Waals surface area contributed by atoms with Gasteiger partial charge in [-0.05, 0) is 144 Å². The number of nitrogens with one attached hydrogen (secondary N) is 13. The van der Waals surface area contributed by atoms with E-state index in [1.54, 1.807) is 71.0 Å². The minimum atomic E-state index is -8.71. The second kappa shape index (κ2) is 44.0. The molecule has 0 saturated carbocycles. The number of likely N-dealkylation sites (tertiary alicyclic amines) is 1. The minimum Gasteiger partial charge on any atom is -0.507 e. The van der Waals surface area contributed by atoms with Crippen molar-refractivity contribution >= 4 is 87.9 Å². The molecule has 4 heterocycles. The van der Waals surface area contributed by atoms with Gasteiger partial charge in [0.2, 0.25) is 53.2 Å². The molecule has 3 aliphatic rings.